The molecule has 1 N–H and O–H groups in total. The zero-order valence-corrected chi connectivity index (χ0v) is 16.3. The Morgan fingerprint density at radius 3 is 2.44 bits per heavy atom. The first-order valence-corrected chi connectivity index (χ1v) is 10.1. The summed E-state index contributed by atoms with van der Waals surface area (Å²) in [6.45, 7) is 3.90. The summed E-state index contributed by atoms with van der Waals surface area (Å²) in [6, 6.07) is 12.2. The topological polar surface area (TPSA) is 75.7 Å². The zero-order chi connectivity index (χ0) is 20.0. The molecule has 0 atom stereocenters. The van der Waals surface area contributed by atoms with Crippen molar-refractivity contribution in [2.45, 2.75) is 26.5 Å². The molecule has 0 saturated heterocycles. The first-order valence-electron chi connectivity index (χ1n) is 8.40. The number of ether oxygens (including phenoxy) is 1. The quantitative estimate of drug-likeness (QED) is 0.747. The molecule has 2 aromatic rings. The van der Waals surface area contributed by atoms with Crippen molar-refractivity contribution in [3.05, 3.63) is 59.9 Å². The summed E-state index contributed by atoms with van der Waals surface area (Å²) in [7, 11) is -2.40. The van der Waals surface area contributed by atoms with E-state index in [4.69, 9.17) is 4.74 Å². The van der Waals surface area contributed by atoms with Gasteiger partial charge in [0.15, 0.2) is 0 Å². The summed E-state index contributed by atoms with van der Waals surface area (Å²) in [5.74, 6) is -1.08. The molecule has 8 heteroatoms. The van der Waals surface area contributed by atoms with Crippen LogP contribution < -0.4 is 9.46 Å². The number of anilines is 1. The Morgan fingerprint density at radius 1 is 1.19 bits per heavy atom. The highest BCUT2D eigenvalue weighted by Crippen LogP contribution is 2.18. The van der Waals surface area contributed by atoms with E-state index in [-0.39, 0.29) is 12.6 Å². The van der Waals surface area contributed by atoms with Crippen LogP contribution in [0.3, 0.4) is 0 Å². The summed E-state index contributed by atoms with van der Waals surface area (Å²) in [5.41, 5.74) is 0.920. The van der Waals surface area contributed by atoms with Crippen LogP contribution in [0.2, 0.25) is 0 Å². The Bertz CT molecular complexity index is 883. The highest BCUT2D eigenvalue weighted by Gasteiger charge is 2.20. The molecule has 0 fully saturated rings. The lowest BCUT2D eigenvalue weighted by molar-refractivity contribution is -0.127. The molecule has 146 valence electrons. The molecule has 6 nitrogen and oxygen atoms in total. The normalized spacial score (nSPS) is 11.3. The molecule has 0 bridgehead atoms. The SMILES string of the molecule is CC(C)Oc1ccc(NS(=O)(=O)CC(=O)N(C)Cc2cccc(F)c2)cc1. The molecule has 0 aliphatic rings. The van der Waals surface area contributed by atoms with Crippen molar-refractivity contribution in [2.75, 3.05) is 17.5 Å². The third-order valence-corrected chi connectivity index (χ3v) is 4.72. The molecule has 0 spiro atoms. The minimum atomic E-state index is -3.87. The van der Waals surface area contributed by atoms with E-state index >= 15 is 0 Å². The van der Waals surface area contributed by atoms with Crippen LogP contribution in [0.4, 0.5) is 10.1 Å². The Kier molecular flexibility index (Phi) is 6.79. The number of halogens is 1. The number of carbonyl (C=O) groups is 1. The molecule has 0 aliphatic heterocycles. The standard InChI is InChI=1S/C19H23FN2O4S/c1-14(2)26-18-9-7-17(8-10-18)21-27(24,25)13-19(23)22(3)12-15-5-4-6-16(20)11-15/h4-11,14,21H,12-13H2,1-3H3. The Balaban J connectivity index is 1.95. The fraction of sp³-hybridized carbons (Fsp3) is 0.316. The van der Waals surface area contributed by atoms with Crippen LogP contribution in [-0.4, -0.2) is 38.1 Å². The van der Waals surface area contributed by atoms with Gasteiger partial charge >= 0.3 is 0 Å². The maximum atomic E-state index is 13.2. The third-order valence-electron chi connectivity index (χ3n) is 3.55. The number of sulfonamides is 1. The second-order valence-electron chi connectivity index (χ2n) is 6.43. The first-order chi connectivity index (χ1) is 12.6. The predicted molar refractivity (Wildman–Crippen MR) is 102 cm³/mol. The number of nitrogens with one attached hydrogen (secondary N) is 1. The summed E-state index contributed by atoms with van der Waals surface area (Å²) in [5, 5.41) is 0. The summed E-state index contributed by atoms with van der Waals surface area (Å²) >= 11 is 0. The number of amides is 1. The summed E-state index contributed by atoms with van der Waals surface area (Å²) < 4.78 is 45.5. The Labute approximate surface area is 159 Å². The van der Waals surface area contributed by atoms with E-state index in [1.165, 1.54) is 30.1 Å². The molecule has 0 heterocycles. The lowest BCUT2D eigenvalue weighted by Crippen LogP contribution is -2.34. The average Bonchev–Trinajstić information content (AvgIpc) is 2.55. The van der Waals surface area contributed by atoms with Crippen molar-refractivity contribution in [3.63, 3.8) is 0 Å². The molecule has 2 rings (SSSR count). The fourth-order valence-electron chi connectivity index (χ4n) is 2.36. The number of carbonyl (C=O) groups excluding carboxylic acids is 1. The smallest absolute Gasteiger partial charge is 0.241 e. The van der Waals surface area contributed by atoms with Crippen LogP contribution in [0, 0.1) is 5.82 Å². The van der Waals surface area contributed by atoms with Gasteiger partial charge < -0.3 is 9.64 Å². The highest BCUT2D eigenvalue weighted by atomic mass is 32.2. The van der Waals surface area contributed by atoms with Crippen molar-refractivity contribution in [1.82, 2.24) is 4.90 Å². The average molecular weight is 394 g/mol. The van der Waals surface area contributed by atoms with E-state index in [0.29, 0.717) is 17.0 Å². The zero-order valence-electron chi connectivity index (χ0n) is 15.5. The van der Waals surface area contributed by atoms with Gasteiger partial charge in [-0.25, -0.2) is 12.8 Å². The number of nitrogens with zero attached hydrogens (tertiary/aromatic N) is 1. The van der Waals surface area contributed by atoms with Gasteiger partial charge in [-0.1, -0.05) is 12.1 Å². The summed E-state index contributed by atoms with van der Waals surface area (Å²) in [4.78, 5) is 13.5. The lowest BCUT2D eigenvalue weighted by Gasteiger charge is -2.18. The minimum absolute atomic E-state index is 0.0128. The van der Waals surface area contributed by atoms with Crippen molar-refractivity contribution in [1.29, 1.82) is 0 Å². The third kappa shape index (κ3) is 6.90. The van der Waals surface area contributed by atoms with Gasteiger partial charge in [0.2, 0.25) is 15.9 Å². The maximum Gasteiger partial charge on any atom is 0.241 e. The van der Waals surface area contributed by atoms with E-state index in [1.54, 1.807) is 30.3 Å². The van der Waals surface area contributed by atoms with Crippen LogP contribution >= 0.6 is 0 Å². The number of rotatable bonds is 8. The van der Waals surface area contributed by atoms with Crippen molar-refractivity contribution in [3.8, 4) is 5.75 Å². The van der Waals surface area contributed by atoms with Gasteiger partial charge in [0.25, 0.3) is 0 Å². The molecule has 2 aromatic carbocycles. The van der Waals surface area contributed by atoms with Gasteiger partial charge in [-0.05, 0) is 55.8 Å². The minimum Gasteiger partial charge on any atom is -0.491 e. The molecule has 0 aliphatic carbocycles. The van der Waals surface area contributed by atoms with E-state index in [0.717, 1.165) is 0 Å². The highest BCUT2D eigenvalue weighted by molar-refractivity contribution is 7.93. The van der Waals surface area contributed by atoms with Crippen molar-refractivity contribution in [2.24, 2.45) is 0 Å². The van der Waals surface area contributed by atoms with Crippen LogP contribution in [0.25, 0.3) is 0 Å². The second-order valence-corrected chi connectivity index (χ2v) is 8.15. The monoisotopic (exact) mass is 394 g/mol. The van der Waals surface area contributed by atoms with Crippen LogP contribution in [0.1, 0.15) is 19.4 Å². The maximum absolute atomic E-state index is 13.2. The molecular weight excluding hydrogens is 371 g/mol. The lowest BCUT2D eigenvalue weighted by atomic mass is 10.2. The van der Waals surface area contributed by atoms with Crippen molar-refractivity contribution < 1.29 is 22.3 Å². The van der Waals surface area contributed by atoms with E-state index in [1.807, 2.05) is 13.8 Å². The summed E-state index contributed by atoms with van der Waals surface area (Å²) in [6.07, 6.45) is 0.0128. The molecule has 0 saturated carbocycles. The fourth-order valence-corrected chi connectivity index (χ4v) is 3.47. The number of benzene rings is 2. The molecule has 0 unspecified atom stereocenters. The van der Waals surface area contributed by atoms with E-state index in [9.17, 15) is 17.6 Å². The molecule has 0 radical (unpaired) electrons. The van der Waals surface area contributed by atoms with Gasteiger partial charge in [0.1, 0.15) is 17.3 Å². The predicted octanol–water partition coefficient (Wildman–Crippen LogP) is 3.01. The van der Waals surface area contributed by atoms with E-state index < -0.39 is 27.5 Å². The Morgan fingerprint density at radius 2 is 1.85 bits per heavy atom. The molecule has 1 amide bonds. The van der Waals surface area contributed by atoms with Crippen LogP contribution in [-0.2, 0) is 21.4 Å². The van der Waals surface area contributed by atoms with Crippen molar-refractivity contribution >= 4 is 21.6 Å². The van der Waals surface area contributed by atoms with Crippen LogP contribution in [0.15, 0.2) is 48.5 Å². The van der Waals surface area contributed by atoms with Gasteiger partial charge in [0, 0.05) is 19.3 Å². The van der Waals surface area contributed by atoms with E-state index in [2.05, 4.69) is 4.72 Å². The van der Waals surface area contributed by atoms with Gasteiger partial charge in [0.05, 0.1) is 6.10 Å². The first kappa shape index (κ1) is 20.7. The largest absolute Gasteiger partial charge is 0.491 e. The second kappa shape index (κ2) is 8.85. The van der Waals surface area contributed by atoms with Gasteiger partial charge in [-0.3, -0.25) is 9.52 Å². The van der Waals surface area contributed by atoms with Gasteiger partial charge in [-0.2, -0.15) is 0 Å². The van der Waals surface area contributed by atoms with Gasteiger partial charge in [-0.15, -0.1) is 0 Å². The number of hydrogen-bond acceptors (Lipinski definition) is 4. The molecular formula is C19H23FN2O4S. The molecule has 27 heavy (non-hydrogen) atoms. The Hall–Kier alpha value is -2.61. The number of hydrogen-bond donors (Lipinski definition) is 1. The molecule has 0 aromatic heterocycles. The van der Waals surface area contributed by atoms with Crippen LogP contribution in [0.5, 0.6) is 5.75 Å².